The number of hydrogen-bond acceptors (Lipinski definition) is 9. The highest BCUT2D eigenvalue weighted by molar-refractivity contribution is 8.14. The normalized spacial score (nSPS) is 24.2. The van der Waals surface area contributed by atoms with Gasteiger partial charge in [-0.05, 0) is 23.8 Å². The summed E-state index contributed by atoms with van der Waals surface area (Å²) in [5.74, 6) is 0.155. The Morgan fingerprint density at radius 1 is 1.16 bits per heavy atom. The number of amides is 3. The molecule has 2 aliphatic rings. The van der Waals surface area contributed by atoms with E-state index in [1.807, 2.05) is 58.0 Å². The highest BCUT2D eigenvalue weighted by Gasteiger charge is 2.49. The summed E-state index contributed by atoms with van der Waals surface area (Å²) < 4.78 is 17.6. The topological polar surface area (TPSA) is 145 Å². The number of carbonyl (C=O) groups excluding carboxylic acids is 3. The first-order valence-corrected chi connectivity index (χ1v) is 16.7. The molecule has 4 N–H and O–H groups in total. The molecule has 3 rings (SSSR count). The quantitative estimate of drug-likeness (QED) is 0.232. The molecule has 0 unspecified atom stereocenters. The number of likely N-dealkylation sites (N-methyl/N-ethyl adjacent to an activating group) is 1. The molecule has 0 spiro atoms. The first-order valence-electron chi connectivity index (χ1n) is 15.7. The number of methoxy groups -OCH3 is 2. The molecule has 1 aromatic rings. The highest BCUT2D eigenvalue weighted by Crippen LogP contribution is 2.27. The summed E-state index contributed by atoms with van der Waals surface area (Å²) in [6.07, 6.45) is 1.76. The van der Waals surface area contributed by atoms with Crippen LogP contribution in [-0.4, -0.2) is 110 Å². The van der Waals surface area contributed by atoms with Gasteiger partial charge in [0.1, 0.15) is 18.3 Å². The molecule has 1 aromatic carbocycles. The third kappa shape index (κ3) is 9.86. The van der Waals surface area contributed by atoms with Crippen molar-refractivity contribution in [2.45, 2.75) is 83.1 Å². The number of nitrogens with one attached hydrogen (secondary N) is 2. The van der Waals surface area contributed by atoms with Crippen molar-refractivity contribution in [3.8, 4) is 0 Å². The summed E-state index contributed by atoms with van der Waals surface area (Å²) >= 11 is 1.65. The molecule has 12 heteroatoms. The lowest BCUT2D eigenvalue weighted by molar-refractivity contribution is -0.137. The molecular weight excluding hydrogens is 594 g/mol. The minimum absolute atomic E-state index is 0.00288. The van der Waals surface area contributed by atoms with Gasteiger partial charge in [0, 0.05) is 46.2 Å². The van der Waals surface area contributed by atoms with E-state index in [9.17, 15) is 14.4 Å². The van der Waals surface area contributed by atoms with Crippen LogP contribution in [0, 0.1) is 11.8 Å². The number of benzene rings is 1. The number of ether oxygens (including phenoxy) is 3. The summed E-state index contributed by atoms with van der Waals surface area (Å²) in [7, 11) is 4.76. The van der Waals surface area contributed by atoms with Crippen molar-refractivity contribution in [2.75, 3.05) is 40.1 Å². The van der Waals surface area contributed by atoms with E-state index in [-0.39, 0.29) is 48.2 Å². The molecular formula is C33H51N5O6S. The fourth-order valence-corrected chi connectivity index (χ4v) is 6.49. The van der Waals surface area contributed by atoms with Crippen LogP contribution in [0.4, 0.5) is 0 Å². The van der Waals surface area contributed by atoms with E-state index in [4.69, 9.17) is 19.9 Å². The first-order chi connectivity index (χ1) is 21.5. The lowest BCUT2D eigenvalue weighted by Gasteiger charge is -2.33. The average molecular weight is 646 g/mol. The van der Waals surface area contributed by atoms with Crippen LogP contribution in [0.1, 0.15) is 39.7 Å². The second-order valence-electron chi connectivity index (χ2n) is 12.0. The zero-order valence-corrected chi connectivity index (χ0v) is 28.4. The predicted molar refractivity (Wildman–Crippen MR) is 178 cm³/mol. The van der Waals surface area contributed by atoms with Crippen LogP contribution in [-0.2, 0) is 35.0 Å². The molecule has 0 aromatic heterocycles. The Kier molecular flexibility index (Phi) is 14.5. The summed E-state index contributed by atoms with van der Waals surface area (Å²) in [4.78, 5) is 45.7. The van der Waals surface area contributed by atoms with Gasteiger partial charge in [0.15, 0.2) is 6.10 Å². The van der Waals surface area contributed by atoms with Crippen molar-refractivity contribution >= 4 is 34.5 Å². The molecule has 0 bridgehead atoms. The van der Waals surface area contributed by atoms with Crippen LogP contribution in [0.3, 0.4) is 0 Å². The number of aliphatic imine (C=N–C) groups is 1. The van der Waals surface area contributed by atoms with Crippen LogP contribution in [0.25, 0.3) is 0 Å². The van der Waals surface area contributed by atoms with Crippen molar-refractivity contribution in [3.63, 3.8) is 0 Å². The number of carbonyl (C=O) groups is 3. The van der Waals surface area contributed by atoms with E-state index in [1.54, 1.807) is 29.8 Å². The Hall–Kier alpha value is -2.77. The van der Waals surface area contributed by atoms with Gasteiger partial charge in [0.05, 0.1) is 23.2 Å². The van der Waals surface area contributed by atoms with Crippen molar-refractivity contribution in [3.05, 3.63) is 48.0 Å². The zero-order chi connectivity index (χ0) is 33.1. The van der Waals surface area contributed by atoms with Crippen LogP contribution in [0.15, 0.2) is 47.5 Å². The fourth-order valence-electron chi connectivity index (χ4n) is 5.57. The summed E-state index contributed by atoms with van der Waals surface area (Å²) in [5, 5.41) is 6.90. The molecule has 11 nitrogen and oxygen atoms in total. The van der Waals surface area contributed by atoms with E-state index >= 15 is 0 Å². The Morgan fingerprint density at radius 2 is 1.84 bits per heavy atom. The van der Waals surface area contributed by atoms with Crippen LogP contribution in [0.2, 0.25) is 0 Å². The third-order valence-electron chi connectivity index (χ3n) is 8.57. The Balaban J connectivity index is 1.66. The van der Waals surface area contributed by atoms with Gasteiger partial charge in [-0.15, -0.1) is 11.8 Å². The van der Waals surface area contributed by atoms with Gasteiger partial charge >= 0.3 is 0 Å². The smallest absolute Gasteiger partial charge is 0.252 e. The number of hydrogen-bond donors (Lipinski definition) is 3. The molecule has 3 amide bonds. The SMILES string of the molecule is CC[C@H](C)[C@@H](/C=C/C(=O)NC[C@H]1O[C@@H](C(=O)N[C@@H](Cc2ccccc2)C2=NCCS2)[C@@H](OC)[C@@H]1OC)N(C)C(=O)[C@@H](N)C(C)C. The monoisotopic (exact) mass is 645 g/mol. The van der Waals surface area contributed by atoms with Gasteiger partial charge in [0.2, 0.25) is 11.8 Å². The van der Waals surface area contributed by atoms with Crippen LogP contribution in [0.5, 0.6) is 0 Å². The molecule has 0 saturated carbocycles. The molecule has 0 aliphatic carbocycles. The zero-order valence-electron chi connectivity index (χ0n) is 27.6. The molecule has 8 atom stereocenters. The number of nitrogens with zero attached hydrogens (tertiary/aromatic N) is 2. The van der Waals surface area contributed by atoms with Crippen molar-refractivity contribution in [1.29, 1.82) is 0 Å². The van der Waals surface area contributed by atoms with E-state index in [1.165, 1.54) is 20.3 Å². The van der Waals surface area contributed by atoms with Gasteiger partial charge in [-0.2, -0.15) is 0 Å². The van der Waals surface area contributed by atoms with Crippen molar-refractivity contribution < 1.29 is 28.6 Å². The third-order valence-corrected chi connectivity index (χ3v) is 9.66. The Bertz CT molecular complexity index is 1180. The molecule has 1 fully saturated rings. The van der Waals surface area contributed by atoms with Gasteiger partial charge in [-0.25, -0.2) is 0 Å². The minimum atomic E-state index is -0.942. The highest BCUT2D eigenvalue weighted by atomic mass is 32.2. The largest absolute Gasteiger partial charge is 0.376 e. The Morgan fingerprint density at radius 3 is 2.42 bits per heavy atom. The van der Waals surface area contributed by atoms with E-state index < -0.39 is 30.5 Å². The van der Waals surface area contributed by atoms with Crippen LogP contribution < -0.4 is 16.4 Å². The second-order valence-corrected chi connectivity index (χ2v) is 13.1. The van der Waals surface area contributed by atoms with Crippen molar-refractivity contribution in [1.82, 2.24) is 15.5 Å². The van der Waals surface area contributed by atoms with Crippen LogP contribution >= 0.6 is 11.8 Å². The maximum absolute atomic E-state index is 13.6. The molecule has 1 saturated heterocycles. The van der Waals surface area contributed by atoms with E-state index in [0.29, 0.717) is 6.42 Å². The van der Waals surface area contributed by atoms with Gasteiger partial charge in [0.25, 0.3) is 5.91 Å². The molecule has 250 valence electrons. The molecule has 2 heterocycles. The standard InChI is InChI=1S/C33H51N5O6S/c1-8-21(4)24(38(5)33(41)27(34)20(2)3)14-15-26(39)36-19-25-28(42-6)29(43-7)30(44-25)31(40)37-23(32-35-16-17-45-32)18-22-12-10-9-11-13-22/h9-15,20-21,23-25,27-30H,8,16-19,34H2,1-7H3,(H,36,39)(H,37,40)/b15-14+/t21-,23-,24+,25+,27-,28+,29-,30+/m0/s1. The molecule has 2 aliphatic heterocycles. The number of rotatable bonds is 16. The van der Waals surface area contributed by atoms with Gasteiger partial charge in [-0.1, -0.05) is 70.5 Å². The summed E-state index contributed by atoms with van der Waals surface area (Å²) in [5.41, 5.74) is 7.21. The fraction of sp³-hybridized carbons (Fsp3) is 0.636. The second kappa shape index (κ2) is 17.8. The minimum Gasteiger partial charge on any atom is -0.376 e. The average Bonchev–Trinajstić information content (AvgIpc) is 3.71. The predicted octanol–water partition coefficient (Wildman–Crippen LogP) is 2.19. The molecule has 0 radical (unpaired) electrons. The van der Waals surface area contributed by atoms with Gasteiger partial charge < -0.3 is 35.5 Å². The number of thioether (sulfide) groups is 1. The van der Waals surface area contributed by atoms with E-state index in [2.05, 4.69) is 15.6 Å². The first kappa shape index (κ1) is 36.7. The Labute approximate surface area is 272 Å². The summed E-state index contributed by atoms with van der Waals surface area (Å²) in [6, 6.07) is 8.75. The van der Waals surface area contributed by atoms with Crippen molar-refractivity contribution in [2.24, 2.45) is 22.6 Å². The lowest BCUT2D eigenvalue weighted by Crippen LogP contribution is -2.50. The lowest BCUT2D eigenvalue weighted by atomic mass is 9.95. The van der Waals surface area contributed by atoms with E-state index in [0.717, 1.165) is 29.3 Å². The molecule has 45 heavy (non-hydrogen) atoms. The summed E-state index contributed by atoms with van der Waals surface area (Å²) in [6.45, 7) is 8.71. The maximum atomic E-state index is 13.6. The number of nitrogens with two attached hydrogens (primary N) is 1. The maximum Gasteiger partial charge on any atom is 0.252 e. The van der Waals surface area contributed by atoms with Gasteiger partial charge in [-0.3, -0.25) is 19.4 Å².